The summed E-state index contributed by atoms with van der Waals surface area (Å²) in [7, 11) is 0. The van der Waals surface area contributed by atoms with Gasteiger partial charge in [-0.15, -0.1) is 0 Å². The second kappa shape index (κ2) is 6.34. The Morgan fingerprint density at radius 1 is 1.47 bits per heavy atom. The lowest BCUT2D eigenvalue weighted by atomic mass is 9.95. The molecule has 0 aromatic rings. The molecule has 19 heavy (non-hydrogen) atoms. The molecule has 0 aromatic carbocycles. The molecule has 1 aliphatic rings. The molecule has 0 radical (unpaired) electrons. The van der Waals surface area contributed by atoms with E-state index < -0.39 is 11.5 Å². The molecular formula is C13H24N2O4. The van der Waals surface area contributed by atoms with Crippen LogP contribution in [0.25, 0.3) is 0 Å². The monoisotopic (exact) mass is 272 g/mol. The van der Waals surface area contributed by atoms with Crippen molar-refractivity contribution in [1.82, 2.24) is 10.2 Å². The van der Waals surface area contributed by atoms with Gasteiger partial charge in [0.15, 0.2) is 0 Å². The summed E-state index contributed by atoms with van der Waals surface area (Å²) in [6.07, 6.45) is -0.330. The summed E-state index contributed by atoms with van der Waals surface area (Å²) in [6.45, 7) is 8.25. The third kappa shape index (κ3) is 4.47. The minimum absolute atomic E-state index is 0.105. The van der Waals surface area contributed by atoms with Gasteiger partial charge in [-0.2, -0.15) is 0 Å². The van der Waals surface area contributed by atoms with Crippen LogP contribution in [0.2, 0.25) is 0 Å². The van der Waals surface area contributed by atoms with Crippen LogP contribution in [0.5, 0.6) is 0 Å². The zero-order valence-corrected chi connectivity index (χ0v) is 12.1. The molecule has 2 amide bonds. The maximum atomic E-state index is 12.2. The van der Waals surface area contributed by atoms with Crippen LogP contribution in [0.15, 0.2) is 0 Å². The van der Waals surface area contributed by atoms with E-state index in [0.29, 0.717) is 19.7 Å². The number of ether oxygens (including phenoxy) is 1. The molecular weight excluding hydrogens is 248 g/mol. The van der Waals surface area contributed by atoms with E-state index in [9.17, 15) is 9.59 Å². The molecule has 6 heteroatoms. The number of morpholine rings is 1. The zero-order chi connectivity index (χ0) is 14.6. The maximum Gasteiger partial charge on any atom is 0.245 e. The molecule has 2 atom stereocenters. The number of nitrogens with one attached hydrogen (secondary N) is 1. The van der Waals surface area contributed by atoms with Crippen molar-refractivity contribution in [3.63, 3.8) is 0 Å². The molecule has 0 spiro atoms. The van der Waals surface area contributed by atoms with Crippen molar-refractivity contribution in [2.45, 2.75) is 39.8 Å². The first kappa shape index (κ1) is 15.9. The topological polar surface area (TPSA) is 78.9 Å². The Morgan fingerprint density at radius 2 is 2.11 bits per heavy atom. The molecule has 6 nitrogen and oxygen atoms in total. The standard InChI is InChI=1S/C13H24N2O4/c1-9(14-12(18)13(2,3)4)11(17)15-5-6-19-10(7-15)8-16/h9-10,16H,5-8H2,1-4H3,(H,14,18). The molecule has 0 aromatic heterocycles. The lowest BCUT2D eigenvalue weighted by molar-refractivity contribution is -0.144. The van der Waals surface area contributed by atoms with E-state index in [-0.39, 0.29) is 24.5 Å². The van der Waals surface area contributed by atoms with Gasteiger partial charge in [0.1, 0.15) is 6.04 Å². The van der Waals surface area contributed by atoms with Crippen molar-refractivity contribution in [3.8, 4) is 0 Å². The lowest BCUT2D eigenvalue weighted by Gasteiger charge is -2.34. The summed E-state index contributed by atoms with van der Waals surface area (Å²) in [4.78, 5) is 25.7. The Balaban J connectivity index is 2.55. The number of amides is 2. The maximum absolute atomic E-state index is 12.2. The molecule has 0 saturated carbocycles. The van der Waals surface area contributed by atoms with E-state index >= 15 is 0 Å². The Kier molecular flexibility index (Phi) is 5.31. The van der Waals surface area contributed by atoms with Gasteiger partial charge in [-0.05, 0) is 6.92 Å². The Labute approximate surface area is 114 Å². The van der Waals surface area contributed by atoms with E-state index in [4.69, 9.17) is 9.84 Å². The number of carbonyl (C=O) groups is 2. The highest BCUT2D eigenvalue weighted by molar-refractivity contribution is 5.89. The predicted molar refractivity (Wildman–Crippen MR) is 70.5 cm³/mol. The minimum Gasteiger partial charge on any atom is -0.394 e. The molecule has 1 rings (SSSR count). The summed E-state index contributed by atoms with van der Waals surface area (Å²) < 4.78 is 5.29. The molecule has 0 aliphatic carbocycles. The van der Waals surface area contributed by atoms with Crippen LogP contribution in [0, 0.1) is 5.41 Å². The average Bonchev–Trinajstić information content (AvgIpc) is 2.36. The van der Waals surface area contributed by atoms with Crippen LogP contribution in [0.3, 0.4) is 0 Å². The fraction of sp³-hybridized carbons (Fsp3) is 0.846. The smallest absolute Gasteiger partial charge is 0.245 e. The molecule has 2 unspecified atom stereocenters. The molecule has 1 heterocycles. The molecule has 2 N–H and O–H groups in total. The van der Waals surface area contributed by atoms with Gasteiger partial charge in [0.05, 0.1) is 19.3 Å². The molecule has 0 bridgehead atoms. The summed E-state index contributed by atoms with van der Waals surface area (Å²) in [5, 5.41) is 11.8. The van der Waals surface area contributed by atoms with Crippen molar-refractivity contribution in [3.05, 3.63) is 0 Å². The summed E-state index contributed by atoms with van der Waals surface area (Å²) >= 11 is 0. The number of rotatable bonds is 3. The van der Waals surface area contributed by atoms with Crippen LogP contribution in [0.1, 0.15) is 27.7 Å². The SMILES string of the molecule is CC(NC(=O)C(C)(C)C)C(=O)N1CCOC(CO)C1. The number of aliphatic hydroxyl groups is 1. The minimum atomic E-state index is -0.566. The molecule has 110 valence electrons. The van der Waals surface area contributed by atoms with Crippen LogP contribution in [0.4, 0.5) is 0 Å². The molecule has 1 fully saturated rings. The first-order chi connectivity index (χ1) is 8.75. The van der Waals surface area contributed by atoms with E-state index in [1.165, 1.54) is 0 Å². The highest BCUT2D eigenvalue weighted by Crippen LogP contribution is 2.13. The Morgan fingerprint density at radius 3 is 2.63 bits per heavy atom. The Hall–Kier alpha value is -1.14. The van der Waals surface area contributed by atoms with Gasteiger partial charge < -0.3 is 20.1 Å². The van der Waals surface area contributed by atoms with Crippen LogP contribution < -0.4 is 5.32 Å². The second-order valence-electron chi connectivity index (χ2n) is 5.90. The third-order valence-corrected chi connectivity index (χ3v) is 3.05. The predicted octanol–water partition coefficient (Wildman–Crippen LogP) is -0.243. The van der Waals surface area contributed by atoms with Crippen molar-refractivity contribution < 1.29 is 19.4 Å². The summed E-state index contributed by atoms with van der Waals surface area (Å²) in [5.41, 5.74) is -0.521. The quantitative estimate of drug-likeness (QED) is 0.743. The number of carbonyl (C=O) groups excluding carboxylic acids is 2. The summed E-state index contributed by atoms with van der Waals surface area (Å²) in [6, 6.07) is -0.566. The van der Waals surface area contributed by atoms with Crippen molar-refractivity contribution in [1.29, 1.82) is 0 Å². The number of hydrogen-bond donors (Lipinski definition) is 2. The number of aliphatic hydroxyl groups excluding tert-OH is 1. The number of nitrogens with zero attached hydrogens (tertiary/aromatic N) is 1. The molecule has 1 saturated heterocycles. The molecule has 1 aliphatic heterocycles. The fourth-order valence-corrected chi connectivity index (χ4v) is 1.78. The normalized spacial score (nSPS) is 21.9. The first-order valence-electron chi connectivity index (χ1n) is 6.58. The van der Waals surface area contributed by atoms with Gasteiger partial charge in [-0.3, -0.25) is 9.59 Å². The van der Waals surface area contributed by atoms with Gasteiger partial charge >= 0.3 is 0 Å². The van der Waals surface area contributed by atoms with E-state index in [1.54, 1.807) is 32.6 Å². The van der Waals surface area contributed by atoms with Crippen LogP contribution in [-0.2, 0) is 14.3 Å². The lowest BCUT2D eigenvalue weighted by Crippen LogP contribution is -2.54. The second-order valence-corrected chi connectivity index (χ2v) is 5.90. The Bertz CT molecular complexity index is 338. The van der Waals surface area contributed by atoms with Crippen molar-refractivity contribution in [2.24, 2.45) is 5.41 Å². The van der Waals surface area contributed by atoms with E-state index in [2.05, 4.69) is 5.32 Å². The zero-order valence-electron chi connectivity index (χ0n) is 12.1. The fourth-order valence-electron chi connectivity index (χ4n) is 1.78. The van der Waals surface area contributed by atoms with Crippen molar-refractivity contribution in [2.75, 3.05) is 26.3 Å². The van der Waals surface area contributed by atoms with Gasteiger partial charge in [-0.25, -0.2) is 0 Å². The highest BCUT2D eigenvalue weighted by Gasteiger charge is 2.30. The number of hydrogen-bond acceptors (Lipinski definition) is 4. The average molecular weight is 272 g/mol. The highest BCUT2D eigenvalue weighted by atomic mass is 16.5. The van der Waals surface area contributed by atoms with Crippen LogP contribution in [-0.4, -0.2) is 60.3 Å². The summed E-state index contributed by atoms with van der Waals surface area (Å²) in [5.74, 6) is -0.292. The van der Waals surface area contributed by atoms with Crippen LogP contribution >= 0.6 is 0 Å². The first-order valence-corrected chi connectivity index (χ1v) is 6.58. The van der Waals surface area contributed by atoms with E-state index in [0.717, 1.165) is 0 Å². The van der Waals surface area contributed by atoms with Gasteiger partial charge in [-0.1, -0.05) is 20.8 Å². The van der Waals surface area contributed by atoms with E-state index in [1.807, 2.05) is 0 Å². The largest absolute Gasteiger partial charge is 0.394 e. The third-order valence-electron chi connectivity index (χ3n) is 3.05. The van der Waals surface area contributed by atoms with Gasteiger partial charge in [0, 0.05) is 18.5 Å². The van der Waals surface area contributed by atoms with Crippen molar-refractivity contribution >= 4 is 11.8 Å². The van der Waals surface area contributed by atoms with Gasteiger partial charge in [0.2, 0.25) is 11.8 Å². The van der Waals surface area contributed by atoms with Gasteiger partial charge in [0.25, 0.3) is 0 Å².